The predicted octanol–water partition coefficient (Wildman–Crippen LogP) is 3.69. The molecule has 0 fully saturated rings. The van der Waals surface area contributed by atoms with Gasteiger partial charge in [0.05, 0.1) is 0 Å². The normalized spacial score (nSPS) is 12.3. The molecular formula is C18H24N2. The summed E-state index contributed by atoms with van der Waals surface area (Å²) >= 11 is 0. The van der Waals surface area contributed by atoms with Crippen LogP contribution in [0.5, 0.6) is 0 Å². The largest absolute Gasteiger partial charge is 0.271 e. The van der Waals surface area contributed by atoms with Crippen LogP contribution >= 0.6 is 0 Å². The molecule has 3 N–H and O–H groups in total. The lowest BCUT2D eigenvalue weighted by Crippen LogP contribution is -2.29. The Morgan fingerprint density at radius 3 is 2.40 bits per heavy atom. The second kappa shape index (κ2) is 7.22. The maximum atomic E-state index is 5.74. The van der Waals surface area contributed by atoms with E-state index in [1.165, 1.54) is 28.7 Å². The fraction of sp³-hybridized carbons (Fsp3) is 0.333. The molecule has 0 radical (unpaired) electrons. The topological polar surface area (TPSA) is 38.0 Å². The summed E-state index contributed by atoms with van der Waals surface area (Å²) in [4.78, 5) is 0. The Hall–Kier alpha value is -1.64. The van der Waals surface area contributed by atoms with Gasteiger partial charge in [-0.2, -0.15) is 0 Å². The summed E-state index contributed by atoms with van der Waals surface area (Å²) in [7, 11) is 0. The van der Waals surface area contributed by atoms with Gasteiger partial charge in [0.15, 0.2) is 0 Å². The zero-order chi connectivity index (χ0) is 14.4. The van der Waals surface area contributed by atoms with Crippen molar-refractivity contribution in [2.24, 2.45) is 5.84 Å². The van der Waals surface area contributed by atoms with E-state index in [0.717, 1.165) is 12.8 Å². The summed E-state index contributed by atoms with van der Waals surface area (Å²) in [5, 5.41) is 0. The van der Waals surface area contributed by atoms with Crippen molar-refractivity contribution in [2.45, 2.75) is 39.2 Å². The zero-order valence-electron chi connectivity index (χ0n) is 12.4. The molecule has 2 rings (SSSR count). The lowest BCUT2D eigenvalue weighted by atomic mass is 9.97. The Bertz CT molecular complexity index is 531. The second-order valence-corrected chi connectivity index (χ2v) is 5.40. The quantitative estimate of drug-likeness (QED) is 0.619. The first-order valence-electron chi connectivity index (χ1n) is 7.33. The maximum Gasteiger partial charge on any atom is 0.0500 e. The van der Waals surface area contributed by atoms with Crippen LogP contribution in [0.2, 0.25) is 0 Å². The second-order valence-electron chi connectivity index (χ2n) is 5.40. The number of hydrazine groups is 1. The molecule has 2 heteroatoms. The van der Waals surface area contributed by atoms with Crippen LogP contribution in [0.1, 0.15) is 41.6 Å². The molecule has 20 heavy (non-hydrogen) atoms. The smallest absolute Gasteiger partial charge is 0.0500 e. The van der Waals surface area contributed by atoms with Crippen LogP contribution in [0.15, 0.2) is 48.5 Å². The van der Waals surface area contributed by atoms with E-state index in [2.05, 4.69) is 67.8 Å². The van der Waals surface area contributed by atoms with E-state index < -0.39 is 0 Å². The first-order chi connectivity index (χ1) is 9.72. The van der Waals surface area contributed by atoms with Crippen molar-refractivity contribution in [3.05, 3.63) is 70.8 Å². The molecule has 0 aliphatic heterocycles. The van der Waals surface area contributed by atoms with Gasteiger partial charge >= 0.3 is 0 Å². The summed E-state index contributed by atoms with van der Waals surface area (Å²) < 4.78 is 0. The Morgan fingerprint density at radius 1 is 1.05 bits per heavy atom. The fourth-order valence-corrected chi connectivity index (χ4v) is 2.55. The average molecular weight is 268 g/mol. The van der Waals surface area contributed by atoms with Crippen LogP contribution in [-0.2, 0) is 12.8 Å². The molecule has 0 saturated heterocycles. The molecule has 0 aliphatic rings. The third kappa shape index (κ3) is 3.92. The van der Waals surface area contributed by atoms with Crippen LogP contribution in [0.25, 0.3) is 0 Å². The molecule has 0 heterocycles. The van der Waals surface area contributed by atoms with Crippen molar-refractivity contribution in [1.82, 2.24) is 5.43 Å². The molecule has 0 amide bonds. The summed E-state index contributed by atoms with van der Waals surface area (Å²) in [5.41, 5.74) is 8.17. The Labute approximate surface area is 122 Å². The number of benzene rings is 2. The molecule has 2 aromatic rings. The fourth-order valence-electron chi connectivity index (χ4n) is 2.55. The van der Waals surface area contributed by atoms with Gasteiger partial charge < -0.3 is 0 Å². The highest BCUT2D eigenvalue weighted by Crippen LogP contribution is 2.19. The van der Waals surface area contributed by atoms with Gasteiger partial charge in [-0.15, -0.1) is 0 Å². The van der Waals surface area contributed by atoms with E-state index in [9.17, 15) is 0 Å². The molecule has 2 aromatic carbocycles. The van der Waals surface area contributed by atoms with Crippen LogP contribution in [0, 0.1) is 6.92 Å². The van der Waals surface area contributed by atoms with Gasteiger partial charge in [0.2, 0.25) is 0 Å². The van der Waals surface area contributed by atoms with Gasteiger partial charge in [0.25, 0.3) is 0 Å². The molecule has 0 bridgehead atoms. The first kappa shape index (κ1) is 14.8. The molecular weight excluding hydrogens is 244 g/mol. The van der Waals surface area contributed by atoms with Gasteiger partial charge in [-0.05, 0) is 36.5 Å². The van der Waals surface area contributed by atoms with E-state index in [4.69, 9.17) is 5.84 Å². The number of nitrogens with two attached hydrogens (primary N) is 1. The van der Waals surface area contributed by atoms with Crippen molar-refractivity contribution in [1.29, 1.82) is 0 Å². The molecule has 0 saturated carbocycles. The number of hydrogen-bond acceptors (Lipinski definition) is 2. The summed E-state index contributed by atoms with van der Waals surface area (Å²) in [6.07, 6.45) is 3.23. The first-order valence-corrected chi connectivity index (χ1v) is 7.33. The lowest BCUT2D eigenvalue weighted by molar-refractivity contribution is 0.551. The molecule has 1 atom stereocenters. The van der Waals surface area contributed by atoms with Crippen LogP contribution in [0.4, 0.5) is 0 Å². The summed E-state index contributed by atoms with van der Waals surface area (Å²) in [5.74, 6) is 5.74. The molecule has 1 unspecified atom stereocenters. The van der Waals surface area contributed by atoms with E-state index in [-0.39, 0.29) is 6.04 Å². The van der Waals surface area contributed by atoms with Crippen LogP contribution < -0.4 is 11.3 Å². The predicted molar refractivity (Wildman–Crippen MR) is 85.4 cm³/mol. The van der Waals surface area contributed by atoms with E-state index in [0.29, 0.717) is 0 Å². The molecule has 106 valence electrons. The van der Waals surface area contributed by atoms with E-state index >= 15 is 0 Å². The summed E-state index contributed by atoms with van der Waals surface area (Å²) in [6, 6.07) is 17.5. The number of aryl methyl sites for hydroxylation is 2. The number of hydrogen-bond donors (Lipinski definition) is 2. The highest BCUT2D eigenvalue weighted by atomic mass is 15.2. The van der Waals surface area contributed by atoms with Gasteiger partial charge in [-0.25, -0.2) is 0 Å². The maximum absolute atomic E-state index is 5.74. The van der Waals surface area contributed by atoms with E-state index in [1.807, 2.05) is 0 Å². The van der Waals surface area contributed by atoms with Crippen LogP contribution in [-0.4, -0.2) is 0 Å². The van der Waals surface area contributed by atoms with Crippen molar-refractivity contribution in [3.63, 3.8) is 0 Å². The zero-order valence-corrected chi connectivity index (χ0v) is 12.4. The molecule has 0 aliphatic carbocycles. The van der Waals surface area contributed by atoms with Crippen LogP contribution in [0.3, 0.4) is 0 Å². The number of nitrogens with one attached hydrogen (secondary N) is 1. The monoisotopic (exact) mass is 268 g/mol. The average Bonchev–Trinajstić information content (AvgIpc) is 2.46. The van der Waals surface area contributed by atoms with Gasteiger partial charge in [-0.1, -0.05) is 67.4 Å². The third-order valence-electron chi connectivity index (χ3n) is 3.64. The van der Waals surface area contributed by atoms with E-state index in [1.54, 1.807) is 0 Å². The minimum Gasteiger partial charge on any atom is -0.271 e. The third-order valence-corrected chi connectivity index (χ3v) is 3.64. The molecule has 0 aromatic heterocycles. The molecule has 2 nitrogen and oxygen atoms in total. The van der Waals surface area contributed by atoms with Gasteiger partial charge in [0, 0.05) is 6.04 Å². The minimum atomic E-state index is 0.160. The van der Waals surface area contributed by atoms with Crippen molar-refractivity contribution < 1.29 is 0 Å². The Morgan fingerprint density at radius 2 is 1.80 bits per heavy atom. The SMILES string of the molecule is CCCc1ccc(C(Cc2cccc(C)c2)NN)cc1. The standard InChI is InChI=1S/C18H24N2/c1-3-5-15-8-10-17(11-9-15)18(20-19)13-16-7-4-6-14(2)12-16/h4,6-12,18,20H,3,5,13,19H2,1-2H3. The highest BCUT2D eigenvalue weighted by molar-refractivity contribution is 5.28. The lowest BCUT2D eigenvalue weighted by Gasteiger charge is -2.17. The Balaban J connectivity index is 2.11. The van der Waals surface area contributed by atoms with Crippen molar-refractivity contribution in [2.75, 3.05) is 0 Å². The number of rotatable bonds is 6. The Kier molecular flexibility index (Phi) is 5.33. The summed E-state index contributed by atoms with van der Waals surface area (Å²) in [6.45, 7) is 4.32. The molecule has 0 spiro atoms. The highest BCUT2D eigenvalue weighted by Gasteiger charge is 2.10. The van der Waals surface area contributed by atoms with Crippen molar-refractivity contribution >= 4 is 0 Å². The van der Waals surface area contributed by atoms with Crippen molar-refractivity contribution in [3.8, 4) is 0 Å². The van der Waals surface area contributed by atoms with Gasteiger partial charge in [-0.3, -0.25) is 11.3 Å². The van der Waals surface area contributed by atoms with Gasteiger partial charge in [0.1, 0.15) is 0 Å². The minimum absolute atomic E-state index is 0.160.